The number of piperidine rings is 1. The van der Waals surface area contributed by atoms with E-state index in [9.17, 15) is 0 Å². The fraction of sp³-hybridized carbons (Fsp3) is 0.682. The van der Waals surface area contributed by atoms with Crippen LogP contribution >= 0.6 is 23.4 Å². The molecule has 0 aromatic heterocycles. The van der Waals surface area contributed by atoms with Crippen LogP contribution in [-0.4, -0.2) is 67.3 Å². The Morgan fingerprint density at radius 3 is 2.55 bits per heavy atom. The summed E-state index contributed by atoms with van der Waals surface area (Å²) >= 11 is 7.94. The molecule has 0 aliphatic carbocycles. The van der Waals surface area contributed by atoms with Crippen molar-refractivity contribution in [3.05, 3.63) is 34.9 Å². The van der Waals surface area contributed by atoms with Crippen LogP contribution in [0.4, 0.5) is 0 Å². The number of aliphatic imine (C=N–C) groups is 1. The van der Waals surface area contributed by atoms with Gasteiger partial charge in [-0.25, -0.2) is 0 Å². The topological polar surface area (TPSA) is 48.9 Å². The molecule has 0 amide bonds. The molecule has 0 saturated carbocycles. The standard InChI is InChI=1S/C22H35ClN4OS/c1-3-24-21(25-17-22(29-2)10-14-28-15-11-22)26-20-8-12-27(13-9-20)16-18-4-6-19(23)7-5-18/h4-7,20H,3,8-17H2,1-2H3,(H2,24,25,26). The van der Waals surface area contributed by atoms with E-state index in [0.717, 1.165) is 82.6 Å². The third-order valence-corrected chi connectivity index (χ3v) is 7.61. The molecule has 0 spiro atoms. The highest BCUT2D eigenvalue weighted by molar-refractivity contribution is 8.00. The molecule has 2 fully saturated rings. The quantitative estimate of drug-likeness (QED) is 0.501. The van der Waals surface area contributed by atoms with E-state index in [0.29, 0.717) is 6.04 Å². The molecule has 0 atom stereocenters. The van der Waals surface area contributed by atoms with Crippen molar-refractivity contribution in [1.29, 1.82) is 0 Å². The van der Waals surface area contributed by atoms with Gasteiger partial charge in [0.15, 0.2) is 5.96 Å². The van der Waals surface area contributed by atoms with Crippen LogP contribution in [0.1, 0.15) is 38.2 Å². The van der Waals surface area contributed by atoms with Gasteiger partial charge in [0.2, 0.25) is 0 Å². The van der Waals surface area contributed by atoms with E-state index in [1.165, 1.54) is 5.56 Å². The van der Waals surface area contributed by atoms with Crippen LogP contribution in [0.5, 0.6) is 0 Å². The van der Waals surface area contributed by atoms with Crippen LogP contribution in [-0.2, 0) is 11.3 Å². The molecular formula is C22H35ClN4OS. The number of benzene rings is 1. The Hall–Kier alpha value is -0.950. The molecule has 162 valence electrons. The molecule has 2 aliphatic rings. The number of hydrogen-bond donors (Lipinski definition) is 2. The molecule has 0 bridgehead atoms. The lowest BCUT2D eigenvalue weighted by Crippen LogP contribution is -2.49. The number of guanidine groups is 1. The summed E-state index contributed by atoms with van der Waals surface area (Å²) in [6, 6.07) is 8.68. The SMILES string of the molecule is CCNC(=NCC1(SC)CCOCC1)NC1CCN(Cc2ccc(Cl)cc2)CC1. The minimum Gasteiger partial charge on any atom is -0.381 e. The van der Waals surface area contributed by atoms with E-state index in [4.69, 9.17) is 21.3 Å². The highest BCUT2D eigenvalue weighted by Crippen LogP contribution is 2.34. The summed E-state index contributed by atoms with van der Waals surface area (Å²) < 4.78 is 5.78. The van der Waals surface area contributed by atoms with E-state index < -0.39 is 0 Å². The fourth-order valence-corrected chi connectivity index (χ4v) is 4.88. The maximum absolute atomic E-state index is 5.99. The van der Waals surface area contributed by atoms with Crippen LogP contribution in [0.2, 0.25) is 5.02 Å². The molecule has 2 saturated heterocycles. The van der Waals surface area contributed by atoms with Crippen molar-refractivity contribution in [3.8, 4) is 0 Å². The Bertz CT molecular complexity index is 641. The summed E-state index contributed by atoms with van der Waals surface area (Å²) in [5.74, 6) is 0.962. The van der Waals surface area contributed by atoms with E-state index in [2.05, 4.69) is 40.8 Å². The zero-order chi connectivity index (χ0) is 20.5. The number of rotatable bonds is 7. The van der Waals surface area contributed by atoms with Crippen molar-refractivity contribution in [2.45, 2.75) is 49.9 Å². The Labute approximate surface area is 185 Å². The molecule has 1 aromatic rings. The predicted octanol–water partition coefficient (Wildman–Crippen LogP) is 3.77. The van der Waals surface area contributed by atoms with Gasteiger partial charge >= 0.3 is 0 Å². The van der Waals surface area contributed by atoms with Crippen LogP contribution in [0.3, 0.4) is 0 Å². The first-order valence-corrected chi connectivity index (χ1v) is 12.4. The van der Waals surface area contributed by atoms with Crippen molar-refractivity contribution in [2.75, 3.05) is 45.6 Å². The van der Waals surface area contributed by atoms with Crippen molar-refractivity contribution in [3.63, 3.8) is 0 Å². The van der Waals surface area contributed by atoms with Gasteiger partial charge in [-0.1, -0.05) is 23.7 Å². The van der Waals surface area contributed by atoms with Crippen molar-refractivity contribution < 1.29 is 4.74 Å². The van der Waals surface area contributed by atoms with Crippen molar-refractivity contribution in [2.24, 2.45) is 4.99 Å². The van der Waals surface area contributed by atoms with Crippen molar-refractivity contribution in [1.82, 2.24) is 15.5 Å². The monoisotopic (exact) mass is 438 g/mol. The number of hydrogen-bond acceptors (Lipinski definition) is 4. The summed E-state index contributed by atoms with van der Waals surface area (Å²) in [6.45, 7) is 8.77. The van der Waals surface area contributed by atoms with Gasteiger partial charge in [0.05, 0.1) is 6.54 Å². The van der Waals surface area contributed by atoms with Crippen molar-refractivity contribution >= 4 is 29.3 Å². The number of likely N-dealkylation sites (tertiary alicyclic amines) is 1. The molecule has 5 nitrogen and oxygen atoms in total. The maximum atomic E-state index is 5.99. The molecule has 29 heavy (non-hydrogen) atoms. The fourth-order valence-electron chi connectivity index (χ4n) is 3.99. The Morgan fingerprint density at radius 2 is 1.93 bits per heavy atom. The Balaban J connectivity index is 1.49. The maximum Gasteiger partial charge on any atom is 0.191 e. The van der Waals surface area contributed by atoms with Gasteiger partial charge in [-0.2, -0.15) is 11.8 Å². The van der Waals surface area contributed by atoms with Gasteiger partial charge in [0.1, 0.15) is 0 Å². The summed E-state index contributed by atoms with van der Waals surface area (Å²) in [7, 11) is 0. The largest absolute Gasteiger partial charge is 0.381 e. The zero-order valence-electron chi connectivity index (χ0n) is 17.8. The molecule has 2 aliphatic heterocycles. The van der Waals surface area contributed by atoms with Crippen LogP contribution in [0.15, 0.2) is 29.3 Å². The third kappa shape index (κ3) is 7.06. The highest BCUT2D eigenvalue weighted by Gasteiger charge is 2.31. The van der Waals surface area contributed by atoms with Gasteiger partial charge < -0.3 is 15.4 Å². The Kier molecular flexibility index (Phi) is 8.97. The number of halogens is 1. The first-order chi connectivity index (χ1) is 14.1. The van der Waals surface area contributed by atoms with E-state index in [1.807, 2.05) is 23.9 Å². The summed E-state index contributed by atoms with van der Waals surface area (Å²) in [5.41, 5.74) is 1.33. The zero-order valence-corrected chi connectivity index (χ0v) is 19.3. The summed E-state index contributed by atoms with van der Waals surface area (Å²) in [4.78, 5) is 7.49. The van der Waals surface area contributed by atoms with Crippen LogP contribution in [0.25, 0.3) is 0 Å². The highest BCUT2D eigenvalue weighted by atomic mass is 35.5. The van der Waals surface area contributed by atoms with Gasteiger partial charge in [-0.15, -0.1) is 0 Å². The smallest absolute Gasteiger partial charge is 0.191 e. The predicted molar refractivity (Wildman–Crippen MR) is 125 cm³/mol. The average Bonchev–Trinajstić information content (AvgIpc) is 2.76. The second kappa shape index (κ2) is 11.4. The van der Waals surface area contributed by atoms with E-state index in [1.54, 1.807) is 0 Å². The molecule has 7 heteroatoms. The van der Waals surface area contributed by atoms with E-state index >= 15 is 0 Å². The summed E-state index contributed by atoms with van der Waals surface area (Å²) in [6.07, 6.45) is 6.65. The van der Waals surface area contributed by atoms with Gasteiger partial charge in [-0.05, 0) is 56.6 Å². The van der Waals surface area contributed by atoms with Crippen LogP contribution in [0, 0.1) is 0 Å². The minimum atomic E-state index is 0.225. The van der Waals surface area contributed by atoms with Gasteiger partial charge in [-0.3, -0.25) is 9.89 Å². The van der Waals surface area contributed by atoms with E-state index in [-0.39, 0.29) is 4.75 Å². The molecule has 2 N–H and O–H groups in total. The molecule has 2 heterocycles. The lowest BCUT2D eigenvalue weighted by atomic mass is 9.99. The minimum absolute atomic E-state index is 0.225. The van der Waals surface area contributed by atoms with Gasteiger partial charge in [0.25, 0.3) is 0 Å². The number of thioether (sulfide) groups is 1. The first kappa shape index (κ1) is 22.7. The normalized spacial score (nSPS) is 21.1. The van der Waals surface area contributed by atoms with Gasteiger partial charge in [0, 0.05) is 55.2 Å². The molecule has 0 radical (unpaired) electrons. The lowest BCUT2D eigenvalue weighted by molar-refractivity contribution is 0.0794. The number of nitrogens with one attached hydrogen (secondary N) is 2. The third-order valence-electron chi connectivity index (χ3n) is 5.95. The lowest BCUT2D eigenvalue weighted by Gasteiger charge is -2.35. The first-order valence-electron chi connectivity index (χ1n) is 10.8. The van der Waals surface area contributed by atoms with Crippen LogP contribution < -0.4 is 10.6 Å². The second-order valence-electron chi connectivity index (χ2n) is 8.02. The summed E-state index contributed by atoms with van der Waals surface area (Å²) in [5, 5.41) is 7.93. The second-order valence-corrected chi connectivity index (χ2v) is 9.73. The molecule has 1 aromatic carbocycles. The molecule has 0 unspecified atom stereocenters. The number of nitrogens with zero attached hydrogens (tertiary/aromatic N) is 2. The average molecular weight is 439 g/mol. The molecule has 3 rings (SSSR count). The Morgan fingerprint density at radius 1 is 1.24 bits per heavy atom. The number of ether oxygens (including phenoxy) is 1. The molecular weight excluding hydrogens is 404 g/mol.